The molecular formula is C12H23NO4S. The molecule has 0 aromatic rings. The van der Waals surface area contributed by atoms with E-state index in [1.807, 2.05) is 0 Å². The predicted molar refractivity (Wildman–Crippen MR) is 69.7 cm³/mol. The van der Waals surface area contributed by atoms with Gasteiger partial charge in [-0.15, -0.1) is 0 Å². The first kappa shape index (κ1) is 15.4. The van der Waals surface area contributed by atoms with Crippen molar-refractivity contribution in [3.8, 4) is 0 Å². The fourth-order valence-corrected chi connectivity index (χ4v) is 4.50. The summed E-state index contributed by atoms with van der Waals surface area (Å²) < 4.78 is 30.8. The van der Waals surface area contributed by atoms with Crippen LogP contribution in [0.4, 0.5) is 0 Å². The van der Waals surface area contributed by atoms with Gasteiger partial charge < -0.3 is 4.74 Å². The summed E-state index contributed by atoms with van der Waals surface area (Å²) in [7, 11) is -2.12. The van der Waals surface area contributed by atoms with Gasteiger partial charge in [0.2, 0.25) is 10.0 Å². The van der Waals surface area contributed by atoms with Crippen LogP contribution >= 0.6 is 0 Å². The van der Waals surface area contributed by atoms with Crippen LogP contribution < -0.4 is 0 Å². The highest BCUT2D eigenvalue weighted by molar-refractivity contribution is 7.89. The minimum Gasteiger partial charge on any atom is -0.468 e. The van der Waals surface area contributed by atoms with Crippen LogP contribution in [0.1, 0.15) is 46.0 Å². The molecule has 0 amide bonds. The highest BCUT2D eigenvalue weighted by Gasteiger charge is 2.35. The molecule has 1 aliphatic carbocycles. The molecule has 18 heavy (non-hydrogen) atoms. The van der Waals surface area contributed by atoms with Crippen molar-refractivity contribution in [2.45, 2.75) is 57.2 Å². The third-order valence-electron chi connectivity index (χ3n) is 3.39. The van der Waals surface area contributed by atoms with Crippen molar-refractivity contribution in [3.05, 3.63) is 0 Å². The van der Waals surface area contributed by atoms with Gasteiger partial charge in [-0.25, -0.2) is 8.42 Å². The molecule has 0 heterocycles. The number of ether oxygens (including phenoxy) is 1. The molecule has 106 valence electrons. The first-order chi connectivity index (χ1) is 8.39. The number of sulfonamides is 1. The molecule has 5 nitrogen and oxygen atoms in total. The second kappa shape index (κ2) is 6.52. The molecule has 0 aliphatic heterocycles. The van der Waals surface area contributed by atoms with E-state index in [2.05, 4.69) is 4.74 Å². The van der Waals surface area contributed by atoms with Crippen molar-refractivity contribution < 1.29 is 17.9 Å². The molecule has 0 radical (unpaired) electrons. The zero-order chi connectivity index (χ0) is 13.8. The van der Waals surface area contributed by atoms with Gasteiger partial charge in [0.15, 0.2) is 0 Å². The maximum absolute atomic E-state index is 12.5. The minimum atomic E-state index is -3.40. The SMILES string of the molecule is COC(=O)CN(C(C)C)S(=O)(=O)C1CCCCC1. The van der Waals surface area contributed by atoms with Gasteiger partial charge in [0, 0.05) is 6.04 Å². The Labute approximate surface area is 110 Å². The average molecular weight is 277 g/mol. The smallest absolute Gasteiger partial charge is 0.321 e. The van der Waals surface area contributed by atoms with Gasteiger partial charge in [-0.05, 0) is 26.7 Å². The number of carbonyl (C=O) groups is 1. The van der Waals surface area contributed by atoms with E-state index in [1.165, 1.54) is 11.4 Å². The van der Waals surface area contributed by atoms with Gasteiger partial charge >= 0.3 is 5.97 Å². The van der Waals surface area contributed by atoms with E-state index >= 15 is 0 Å². The van der Waals surface area contributed by atoms with Gasteiger partial charge in [0.1, 0.15) is 6.54 Å². The lowest BCUT2D eigenvalue weighted by molar-refractivity contribution is -0.141. The van der Waals surface area contributed by atoms with Crippen LogP contribution in [0.25, 0.3) is 0 Å². The van der Waals surface area contributed by atoms with Crippen molar-refractivity contribution in [3.63, 3.8) is 0 Å². The Kier molecular flexibility index (Phi) is 5.59. The third-order valence-corrected chi connectivity index (χ3v) is 5.91. The summed E-state index contributed by atoms with van der Waals surface area (Å²) in [5, 5.41) is -0.335. The predicted octanol–water partition coefficient (Wildman–Crippen LogP) is 1.53. The standard InChI is InChI=1S/C12H23NO4S/c1-10(2)13(9-12(14)17-3)18(15,16)11-7-5-4-6-8-11/h10-11H,4-9H2,1-3H3. The molecule has 0 unspecified atom stereocenters. The number of methoxy groups -OCH3 is 1. The lowest BCUT2D eigenvalue weighted by Gasteiger charge is -2.31. The summed E-state index contributed by atoms with van der Waals surface area (Å²) in [5.74, 6) is -0.511. The molecule has 0 spiro atoms. The van der Waals surface area contributed by atoms with E-state index in [-0.39, 0.29) is 17.8 Å². The van der Waals surface area contributed by atoms with Gasteiger partial charge in [-0.3, -0.25) is 4.79 Å². The fraction of sp³-hybridized carbons (Fsp3) is 0.917. The molecular weight excluding hydrogens is 254 g/mol. The Balaban J connectivity index is 2.85. The summed E-state index contributed by atoms with van der Waals surface area (Å²) in [5.41, 5.74) is 0. The second-order valence-electron chi connectivity index (χ2n) is 5.02. The quantitative estimate of drug-likeness (QED) is 0.715. The number of rotatable bonds is 5. The zero-order valence-corrected chi connectivity index (χ0v) is 12.2. The molecule has 1 fully saturated rings. The van der Waals surface area contributed by atoms with Crippen LogP contribution in [-0.4, -0.2) is 43.6 Å². The topological polar surface area (TPSA) is 63.7 Å². The molecule has 0 aromatic carbocycles. The molecule has 0 aromatic heterocycles. The van der Waals surface area contributed by atoms with Gasteiger partial charge in [0.25, 0.3) is 0 Å². The molecule has 6 heteroatoms. The summed E-state index contributed by atoms with van der Waals surface area (Å²) in [6, 6.07) is -0.226. The Hall–Kier alpha value is -0.620. The first-order valence-corrected chi connectivity index (χ1v) is 7.97. The molecule has 0 N–H and O–H groups in total. The highest BCUT2D eigenvalue weighted by atomic mass is 32.2. The Morgan fingerprint density at radius 2 is 1.83 bits per heavy atom. The van der Waals surface area contributed by atoms with Crippen LogP contribution in [0.5, 0.6) is 0 Å². The maximum Gasteiger partial charge on any atom is 0.321 e. The summed E-state index contributed by atoms with van der Waals surface area (Å²) in [6.07, 6.45) is 4.41. The van der Waals surface area contributed by atoms with E-state index in [0.29, 0.717) is 12.8 Å². The van der Waals surface area contributed by atoms with E-state index in [4.69, 9.17) is 0 Å². The van der Waals surface area contributed by atoms with Crippen LogP contribution in [0.2, 0.25) is 0 Å². The van der Waals surface area contributed by atoms with E-state index in [1.54, 1.807) is 13.8 Å². The molecule has 1 rings (SSSR count). The summed E-state index contributed by atoms with van der Waals surface area (Å²) in [6.45, 7) is 3.37. The normalized spacial score (nSPS) is 18.3. The number of esters is 1. The average Bonchev–Trinajstić information content (AvgIpc) is 2.36. The third kappa shape index (κ3) is 3.68. The molecule has 1 aliphatic rings. The van der Waals surface area contributed by atoms with Gasteiger partial charge in [-0.2, -0.15) is 4.31 Å². The van der Waals surface area contributed by atoms with Crippen LogP contribution in [0.15, 0.2) is 0 Å². The van der Waals surface area contributed by atoms with Crippen LogP contribution in [-0.2, 0) is 19.6 Å². The minimum absolute atomic E-state index is 0.187. The lowest BCUT2D eigenvalue weighted by Crippen LogP contribution is -2.46. The summed E-state index contributed by atoms with van der Waals surface area (Å²) >= 11 is 0. The summed E-state index contributed by atoms with van der Waals surface area (Å²) in [4.78, 5) is 11.3. The maximum atomic E-state index is 12.5. The number of nitrogens with zero attached hydrogens (tertiary/aromatic N) is 1. The van der Waals surface area contributed by atoms with Crippen molar-refractivity contribution in [2.75, 3.05) is 13.7 Å². The Bertz CT molecular complexity index is 372. The van der Waals surface area contributed by atoms with Crippen molar-refractivity contribution >= 4 is 16.0 Å². The Morgan fingerprint density at radius 3 is 2.28 bits per heavy atom. The monoisotopic (exact) mass is 277 g/mol. The van der Waals surface area contributed by atoms with E-state index in [9.17, 15) is 13.2 Å². The Morgan fingerprint density at radius 1 is 1.28 bits per heavy atom. The van der Waals surface area contributed by atoms with Gasteiger partial charge in [-0.1, -0.05) is 19.3 Å². The van der Waals surface area contributed by atoms with Crippen molar-refractivity contribution in [1.82, 2.24) is 4.31 Å². The van der Waals surface area contributed by atoms with Crippen molar-refractivity contribution in [2.24, 2.45) is 0 Å². The fourth-order valence-electron chi connectivity index (χ4n) is 2.31. The highest BCUT2D eigenvalue weighted by Crippen LogP contribution is 2.27. The number of carbonyl (C=O) groups excluding carboxylic acids is 1. The first-order valence-electron chi connectivity index (χ1n) is 6.47. The van der Waals surface area contributed by atoms with E-state index in [0.717, 1.165) is 19.3 Å². The zero-order valence-electron chi connectivity index (χ0n) is 11.4. The number of hydrogen-bond donors (Lipinski definition) is 0. The van der Waals surface area contributed by atoms with Gasteiger partial charge in [0.05, 0.1) is 12.4 Å². The largest absolute Gasteiger partial charge is 0.468 e. The van der Waals surface area contributed by atoms with Crippen molar-refractivity contribution in [1.29, 1.82) is 0 Å². The molecule has 1 saturated carbocycles. The molecule has 0 saturated heterocycles. The number of hydrogen-bond acceptors (Lipinski definition) is 4. The lowest BCUT2D eigenvalue weighted by atomic mass is 10.0. The molecule has 0 atom stereocenters. The van der Waals surface area contributed by atoms with Crippen LogP contribution in [0.3, 0.4) is 0 Å². The van der Waals surface area contributed by atoms with E-state index < -0.39 is 16.0 Å². The van der Waals surface area contributed by atoms with Crippen LogP contribution in [0, 0.1) is 0 Å². The second-order valence-corrected chi connectivity index (χ2v) is 7.19. The molecule has 0 bridgehead atoms.